The predicted octanol–water partition coefficient (Wildman–Crippen LogP) is 3.27. The van der Waals surface area contributed by atoms with Gasteiger partial charge in [0.25, 0.3) is 5.91 Å². The molecule has 1 amide bonds. The lowest BCUT2D eigenvalue weighted by atomic mass is 10.2. The molecule has 0 radical (unpaired) electrons. The van der Waals surface area contributed by atoms with Crippen LogP contribution in [0.2, 0.25) is 0 Å². The molecule has 0 N–H and O–H groups in total. The average molecular weight is 227 g/mol. The first-order valence-corrected chi connectivity index (χ1v) is 5.85. The minimum absolute atomic E-state index is 0.0823. The molecule has 0 aromatic rings. The van der Waals surface area contributed by atoms with Crippen LogP contribution in [0.3, 0.4) is 0 Å². The lowest BCUT2D eigenvalue weighted by molar-refractivity contribution is 0.0755. The van der Waals surface area contributed by atoms with Crippen molar-refractivity contribution < 1.29 is 4.79 Å². The zero-order valence-corrected chi connectivity index (χ0v) is 10.5. The number of nitrogens with zero attached hydrogens (tertiary/aromatic N) is 1. The molecule has 0 aromatic carbocycles. The number of amides is 1. The number of fused-ring (bicyclic) bond motifs is 1. The van der Waals surface area contributed by atoms with Gasteiger partial charge in [0.05, 0.1) is 0 Å². The van der Waals surface area contributed by atoms with Gasteiger partial charge in [-0.15, -0.1) is 0 Å². The molecule has 0 bridgehead atoms. The monoisotopic (exact) mass is 227 g/mol. The Labute approximate surface area is 102 Å². The van der Waals surface area contributed by atoms with Crippen LogP contribution < -0.4 is 0 Å². The second kappa shape index (κ2) is 4.58. The van der Waals surface area contributed by atoms with Crippen LogP contribution in [0.5, 0.6) is 0 Å². The molecule has 0 unspecified atom stereocenters. The first kappa shape index (κ1) is 11.6. The summed E-state index contributed by atoms with van der Waals surface area (Å²) in [6.07, 6.45) is 0. The zero-order valence-electron chi connectivity index (χ0n) is 10.5. The molecule has 0 spiro atoms. The molecule has 17 heavy (non-hydrogen) atoms. The summed E-state index contributed by atoms with van der Waals surface area (Å²) in [7, 11) is 1.84. The number of carbonyl (C=O) groups is 1. The molecule has 2 aliphatic rings. The standard InChI is InChI=1S/C15H17NO/c1-11(2)16(3)15(17)14-9-12-7-5-4-6-8-13(12)10-14/h4-11H,1-3H3. The quantitative estimate of drug-likeness (QED) is 0.771. The van der Waals surface area contributed by atoms with Gasteiger partial charge in [-0.1, -0.05) is 30.3 Å². The Balaban J connectivity index is 2.38. The number of hydrogen-bond acceptors (Lipinski definition) is 1. The molecule has 0 saturated heterocycles. The smallest absolute Gasteiger partial charge is 0.253 e. The van der Waals surface area contributed by atoms with Crippen molar-refractivity contribution in [2.45, 2.75) is 19.9 Å². The molecule has 0 atom stereocenters. The minimum atomic E-state index is 0.0823. The summed E-state index contributed by atoms with van der Waals surface area (Å²) in [5, 5.41) is 0. The van der Waals surface area contributed by atoms with E-state index < -0.39 is 0 Å². The minimum Gasteiger partial charge on any atom is -0.339 e. The number of carbonyl (C=O) groups excluding carboxylic acids is 1. The van der Waals surface area contributed by atoms with E-state index in [1.54, 1.807) is 4.90 Å². The maximum atomic E-state index is 12.2. The molecule has 2 heteroatoms. The Morgan fingerprint density at radius 3 is 2.06 bits per heavy atom. The van der Waals surface area contributed by atoms with E-state index >= 15 is 0 Å². The molecule has 0 aromatic heterocycles. The fourth-order valence-electron chi connectivity index (χ4n) is 1.78. The van der Waals surface area contributed by atoms with E-state index in [1.165, 1.54) is 0 Å². The topological polar surface area (TPSA) is 20.3 Å². The second-order valence-corrected chi connectivity index (χ2v) is 4.58. The van der Waals surface area contributed by atoms with E-state index in [0.29, 0.717) is 0 Å². The Kier molecular flexibility index (Phi) is 3.14. The van der Waals surface area contributed by atoms with Gasteiger partial charge in [-0.05, 0) is 37.1 Å². The Morgan fingerprint density at radius 2 is 1.59 bits per heavy atom. The van der Waals surface area contributed by atoms with E-state index in [9.17, 15) is 4.79 Å². The summed E-state index contributed by atoms with van der Waals surface area (Å²) >= 11 is 0. The fourth-order valence-corrected chi connectivity index (χ4v) is 1.78. The van der Waals surface area contributed by atoms with E-state index in [1.807, 2.05) is 63.4 Å². The van der Waals surface area contributed by atoms with E-state index in [0.717, 1.165) is 16.7 Å². The van der Waals surface area contributed by atoms with Crippen LogP contribution >= 0.6 is 0 Å². The lowest BCUT2D eigenvalue weighted by Gasteiger charge is -2.20. The van der Waals surface area contributed by atoms with Crippen LogP contribution in [-0.2, 0) is 0 Å². The van der Waals surface area contributed by atoms with Crippen LogP contribution in [-0.4, -0.2) is 23.9 Å². The molecule has 2 nitrogen and oxygen atoms in total. The van der Waals surface area contributed by atoms with Crippen molar-refractivity contribution in [3.05, 3.63) is 48.0 Å². The summed E-state index contributed by atoms with van der Waals surface area (Å²) in [5.41, 5.74) is 2.98. The van der Waals surface area contributed by atoms with E-state index in [2.05, 4.69) is 0 Å². The molecule has 88 valence electrons. The molecule has 0 heterocycles. The van der Waals surface area contributed by atoms with Gasteiger partial charge in [-0.2, -0.15) is 0 Å². The van der Waals surface area contributed by atoms with Crippen molar-refractivity contribution in [3.8, 4) is 11.1 Å². The van der Waals surface area contributed by atoms with E-state index in [4.69, 9.17) is 0 Å². The summed E-state index contributed by atoms with van der Waals surface area (Å²) < 4.78 is 0. The van der Waals surface area contributed by atoms with Gasteiger partial charge in [0.1, 0.15) is 0 Å². The summed E-state index contributed by atoms with van der Waals surface area (Å²) in [4.78, 5) is 13.9. The van der Waals surface area contributed by atoms with Gasteiger partial charge < -0.3 is 4.90 Å². The molecular weight excluding hydrogens is 210 g/mol. The van der Waals surface area contributed by atoms with Crippen molar-refractivity contribution in [2.75, 3.05) is 7.05 Å². The highest BCUT2D eigenvalue weighted by Gasteiger charge is 2.17. The summed E-state index contributed by atoms with van der Waals surface area (Å²) in [6.45, 7) is 4.03. The Hall–Kier alpha value is -1.83. The predicted molar refractivity (Wildman–Crippen MR) is 70.3 cm³/mol. The third kappa shape index (κ3) is 2.31. The molecule has 2 aliphatic carbocycles. The highest BCUT2D eigenvalue weighted by molar-refractivity contribution is 5.98. The van der Waals surface area contributed by atoms with Crippen molar-refractivity contribution in [3.63, 3.8) is 0 Å². The van der Waals surface area contributed by atoms with Gasteiger partial charge in [0.15, 0.2) is 0 Å². The van der Waals surface area contributed by atoms with Crippen molar-refractivity contribution in [1.82, 2.24) is 4.90 Å². The summed E-state index contributed by atoms with van der Waals surface area (Å²) in [6, 6.07) is 14.2. The molecule has 0 fully saturated rings. The van der Waals surface area contributed by atoms with Crippen molar-refractivity contribution in [2.24, 2.45) is 0 Å². The van der Waals surface area contributed by atoms with Crippen molar-refractivity contribution >= 4 is 5.91 Å². The SMILES string of the molecule is CC(C)N(C)C(=O)c1cc2cccccc-2c1. The van der Waals surface area contributed by atoms with Crippen LogP contribution in [0.4, 0.5) is 0 Å². The number of rotatable bonds is 2. The molecule has 2 rings (SSSR count). The highest BCUT2D eigenvalue weighted by atomic mass is 16.2. The van der Waals surface area contributed by atoms with Crippen LogP contribution in [0.1, 0.15) is 24.2 Å². The number of hydrogen-bond donors (Lipinski definition) is 0. The summed E-state index contributed by atoms with van der Waals surface area (Å²) in [5.74, 6) is 0.0823. The first-order chi connectivity index (χ1) is 8.09. The molecule has 0 aliphatic heterocycles. The second-order valence-electron chi connectivity index (χ2n) is 4.58. The third-order valence-electron chi connectivity index (χ3n) is 3.07. The highest BCUT2D eigenvalue weighted by Crippen LogP contribution is 2.25. The third-order valence-corrected chi connectivity index (χ3v) is 3.07. The van der Waals surface area contributed by atoms with Gasteiger partial charge in [0, 0.05) is 18.7 Å². The van der Waals surface area contributed by atoms with Gasteiger partial charge in [-0.3, -0.25) is 4.79 Å². The Morgan fingerprint density at radius 1 is 1.06 bits per heavy atom. The van der Waals surface area contributed by atoms with Gasteiger partial charge in [0.2, 0.25) is 0 Å². The maximum Gasteiger partial charge on any atom is 0.253 e. The fraction of sp³-hybridized carbons (Fsp3) is 0.267. The maximum absolute atomic E-state index is 12.2. The van der Waals surface area contributed by atoms with Crippen LogP contribution in [0.15, 0.2) is 42.5 Å². The molecule has 0 saturated carbocycles. The van der Waals surface area contributed by atoms with Crippen LogP contribution in [0, 0.1) is 0 Å². The first-order valence-electron chi connectivity index (χ1n) is 5.85. The largest absolute Gasteiger partial charge is 0.339 e. The normalized spacial score (nSPS) is 10.8. The average Bonchev–Trinajstić information content (AvgIpc) is 2.58. The van der Waals surface area contributed by atoms with Crippen molar-refractivity contribution in [1.29, 1.82) is 0 Å². The van der Waals surface area contributed by atoms with Gasteiger partial charge >= 0.3 is 0 Å². The van der Waals surface area contributed by atoms with Crippen LogP contribution in [0.25, 0.3) is 11.1 Å². The van der Waals surface area contributed by atoms with E-state index in [-0.39, 0.29) is 11.9 Å². The van der Waals surface area contributed by atoms with Gasteiger partial charge in [-0.25, -0.2) is 0 Å². The Bertz CT molecular complexity index is 473. The lowest BCUT2D eigenvalue weighted by Crippen LogP contribution is -2.32. The zero-order chi connectivity index (χ0) is 12.4. The molecular formula is C15H17NO.